The monoisotopic (exact) mass is 364 g/mol. The van der Waals surface area contributed by atoms with Crippen LogP contribution in [0.25, 0.3) is 10.2 Å². The summed E-state index contributed by atoms with van der Waals surface area (Å²) in [5.74, 6) is -1.90. The molecule has 0 aliphatic heterocycles. The third-order valence-electron chi connectivity index (χ3n) is 3.03. The minimum Gasteiger partial charge on any atom is -0.452 e. The van der Waals surface area contributed by atoms with E-state index in [2.05, 4.69) is 10.3 Å². The van der Waals surface area contributed by atoms with Crippen LogP contribution in [-0.4, -0.2) is 23.5 Å². The van der Waals surface area contributed by atoms with Crippen LogP contribution in [0, 0.1) is 5.82 Å². The van der Waals surface area contributed by atoms with Crippen LogP contribution in [0.4, 0.5) is 9.52 Å². The Hall–Kier alpha value is -2.51. The first-order valence-electron chi connectivity index (χ1n) is 6.80. The second-order valence-corrected chi connectivity index (χ2v) is 6.17. The molecule has 0 saturated carbocycles. The maximum absolute atomic E-state index is 12.9. The summed E-state index contributed by atoms with van der Waals surface area (Å²) in [4.78, 5) is 27.9. The summed E-state index contributed by atoms with van der Waals surface area (Å²) in [5, 5.41) is 2.90. The van der Waals surface area contributed by atoms with Crippen molar-refractivity contribution in [1.29, 1.82) is 0 Å². The molecule has 2 aromatic carbocycles. The van der Waals surface area contributed by atoms with Crippen LogP contribution in [0.1, 0.15) is 10.4 Å². The molecular weight excluding hydrogens is 355 g/mol. The molecule has 1 amide bonds. The number of rotatable bonds is 4. The number of ether oxygens (including phenoxy) is 1. The third-order valence-corrected chi connectivity index (χ3v) is 4.29. The van der Waals surface area contributed by atoms with Gasteiger partial charge in [-0.2, -0.15) is 0 Å². The first kappa shape index (κ1) is 16.4. The minimum absolute atomic E-state index is 0.00847. The van der Waals surface area contributed by atoms with Gasteiger partial charge in [-0.05, 0) is 30.3 Å². The summed E-state index contributed by atoms with van der Waals surface area (Å²) in [6.07, 6.45) is 0. The molecule has 1 aromatic heterocycles. The van der Waals surface area contributed by atoms with Crippen LogP contribution in [0.15, 0.2) is 42.5 Å². The number of anilines is 1. The van der Waals surface area contributed by atoms with Crippen molar-refractivity contribution in [2.75, 3.05) is 11.9 Å². The van der Waals surface area contributed by atoms with Crippen molar-refractivity contribution in [3.8, 4) is 0 Å². The zero-order valence-electron chi connectivity index (χ0n) is 12.1. The Kier molecular flexibility index (Phi) is 4.73. The van der Waals surface area contributed by atoms with Crippen molar-refractivity contribution < 1.29 is 18.7 Å². The normalized spacial score (nSPS) is 10.6. The Balaban J connectivity index is 1.59. The van der Waals surface area contributed by atoms with Gasteiger partial charge in [0.15, 0.2) is 11.7 Å². The van der Waals surface area contributed by atoms with Crippen molar-refractivity contribution in [2.45, 2.75) is 0 Å². The lowest BCUT2D eigenvalue weighted by Gasteiger charge is -2.06. The summed E-state index contributed by atoms with van der Waals surface area (Å²) in [5.41, 5.74) is 0.763. The predicted molar refractivity (Wildman–Crippen MR) is 89.9 cm³/mol. The number of amides is 1. The number of nitrogens with one attached hydrogen (secondary N) is 1. The van der Waals surface area contributed by atoms with Crippen molar-refractivity contribution in [2.24, 2.45) is 0 Å². The van der Waals surface area contributed by atoms with Crippen LogP contribution in [0.2, 0.25) is 5.02 Å². The van der Waals surface area contributed by atoms with E-state index in [1.165, 1.54) is 17.4 Å². The maximum Gasteiger partial charge on any atom is 0.340 e. The number of nitrogens with zero attached hydrogens (tertiary/aromatic N) is 1. The smallest absolute Gasteiger partial charge is 0.340 e. The number of hydrogen-bond acceptors (Lipinski definition) is 5. The van der Waals surface area contributed by atoms with Gasteiger partial charge in [-0.25, -0.2) is 14.2 Å². The first-order valence-corrected chi connectivity index (χ1v) is 8.00. The Bertz CT molecular complexity index is 896. The zero-order chi connectivity index (χ0) is 17.1. The molecule has 8 heteroatoms. The van der Waals surface area contributed by atoms with Crippen molar-refractivity contribution >= 4 is 50.2 Å². The average Bonchev–Trinajstić information content (AvgIpc) is 2.94. The van der Waals surface area contributed by atoms with Crippen molar-refractivity contribution in [3.63, 3.8) is 0 Å². The van der Waals surface area contributed by atoms with E-state index in [0.717, 1.165) is 22.3 Å². The highest BCUT2D eigenvalue weighted by Crippen LogP contribution is 2.25. The molecule has 24 heavy (non-hydrogen) atoms. The topological polar surface area (TPSA) is 68.3 Å². The van der Waals surface area contributed by atoms with E-state index in [1.54, 1.807) is 0 Å². The van der Waals surface area contributed by atoms with Crippen LogP contribution >= 0.6 is 22.9 Å². The van der Waals surface area contributed by atoms with Gasteiger partial charge in [0.1, 0.15) is 5.82 Å². The molecule has 0 unspecified atom stereocenters. The van der Waals surface area contributed by atoms with Gasteiger partial charge in [-0.3, -0.25) is 10.1 Å². The van der Waals surface area contributed by atoms with E-state index in [1.807, 2.05) is 24.3 Å². The third kappa shape index (κ3) is 3.69. The van der Waals surface area contributed by atoms with E-state index >= 15 is 0 Å². The van der Waals surface area contributed by atoms with E-state index in [9.17, 15) is 14.0 Å². The number of fused-ring (bicyclic) bond motifs is 1. The maximum atomic E-state index is 12.9. The number of aromatic nitrogens is 1. The molecule has 1 N–H and O–H groups in total. The predicted octanol–water partition coefficient (Wildman–Crippen LogP) is 3.88. The number of para-hydroxylation sites is 1. The van der Waals surface area contributed by atoms with Gasteiger partial charge in [0.25, 0.3) is 5.91 Å². The fraction of sp³-hybridized carbons (Fsp3) is 0.0625. The highest BCUT2D eigenvalue weighted by Gasteiger charge is 2.15. The fourth-order valence-electron chi connectivity index (χ4n) is 1.94. The van der Waals surface area contributed by atoms with Crippen LogP contribution in [-0.2, 0) is 9.53 Å². The molecule has 0 atom stereocenters. The molecule has 122 valence electrons. The van der Waals surface area contributed by atoms with Gasteiger partial charge >= 0.3 is 5.97 Å². The Labute approximate surface area is 145 Å². The van der Waals surface area contributed by atoms with Crippen LogP contribution in [0.3, 0.4) is 0 Å². The minimum atomic E-state index is -0.806. The largest absolute Gasteiger partial charge is 0.452 e. The summed E-state index contributed by atoms with van der Waals surface area (Å²) in [6.45, 7) is -0.498. The second kappa shape index (κ2) is 6.94. The van der Waals surface area contributed by atoms with Gasteiger partial charge in [-0.15, -0.1) is 0 Å². The molecule has 0 fully saturated rings. The lowest BCUT2D eigenvalue weighted by molar-refractivity contribution is -0.119. The first-order chi connectivity index (χ1) is 11.5. The lowest BCUT2D eigenvalue weighted by atomic mass is 10.2. The summed E-state index contributed by atoms with van der Waals surface area (Å²) >= 11 is 7.08. The van der Waals surface area contributed by atoms with Gasteiger partial charge < -0.3 is 4.74 Å². The molecule has 0 spiro atoms. The van der Waals surface area contributed by atoms with Crippen molar-refractivity contribution in [3.05, 3.63) is 58.9 Å². The summed E-state index contributed by atoms with van der Waals surface area (Å²) in [6, 6.07) is 10.7. The number of carbonyl (C=O) groups is 2. The van der Waals surface area contributed by atoms with E-state index in [-0.39, 0.29) is 10.6 Å². The van der Waals surface area contributed by atoms with E-state index < -0.39 is 24.3 Å². The zero-order valence-corrected chi connectivity index (χ0v) is 13.7. The lowest BCUT2D eigenvalue weighted by Crippen LogP contribution is -2.21. The number of hydrogen-bond donors (Lipinski definition) is 1. The molecular formula is C16H10ClFN2O3S. The molecule has 0 aliphatic rings. The molecule has 0 saturated heterocycles. The molecule has 3 aromatic rings. The quantitative estimate of drug-likeness (QED) is 0.713. The van der Waals surface area contributed by atoms with Gasteiger partial charge in [-0.1, -0.05) is 35.1 Å². The molecule has 3 rings (SSSR count). The standard InChI is InChI=1S/C16H10ClFN2O3S/c17-11-7-9(18)5-6-10(11)15(22)23-8-14(21)20-16-19-12-3-1-2-4-13(12)24-16/h1-7H,8H2,(H,19,20,21). The Morgan fingerprint density at radius 2 is 2.04 bits per heavy atom. The summed E-state index contributed by atoms with van der Waals surface area (Å²) < 4.78 is 18.8. The molecule has 1 heterocycles. The number of esters is 1. The highest BCUT2D eigenvalue weighted by atomic mass is 35.5. The average molecular weight is 365 g/mol. The number of benzene rings is 2. The molecule has 0 aliphatic carbocycles. The molecule has 0 radical (unpaired) electrons. The van der Waals surface area contributed by atoms with Gasteiger partial charge in [0, 0.05) is 0 Å². The Morgan fingerprint density at radius 1 is 1.25 bits per heavy atom. The van der Waals surface area contributed by atoms with E-state index in [0.29, 0.717) is 5.13 Å². The fourth-order valence-corrected chi connectivity index (χ4v) is 3.07. The number of carbonyl (C=O) groups excluding carboxylic acids is 2. The van der Waals surface area contributed by atoms with Gasteiger partial charge in [0.2, 0.25) is 0 Å². The highest BCUT2D eigenvalue weighted by molar-refractivity contribution is 7.22. The number of thiazole rings is 1. The van der Waals surface area contributed by atoms with Crippen LogP contribution < -0.4 is 5.32 Å². The molecule has 0 bridgehead atoms. The number of halogens is 2. The van der Waals surface area contributed by atoms with Gasteiger partial charge in [0.05, 0.1) is 20.8 Å². The SMILES string of the molecule is O=C(COC(=O)c1ccc(F)cc1Cl)Nc1nc2ccccc2s1. The molecule has 5 nitrogen and oxygen atoms in total. The second-order valence-electron chi connectivity index (χ2n) is 4.74. The summed E-state index contributed by atoms with van der Waals surface area (Å²) in [7, 11) is 0. The van der Waals surface area contributed by atoms with Crippen LogP contribution in [0.5, 0.6) is 0 Å². The van der Waals surface area contributed by atoms with E-state index in [4.69, 9.17) is 16.3 Å². The van der Waals surface area contributed by atoms with Crippen molar-refractivity contribution in [1.82, 2.24) is 4.98 Å². The Morgan fingerprint density at radius 3 is 2.79 bits per heavy atom.